The Labute approximate surface area is 354 Å². The van der Waals surface area contributed by atoms with E-state index in [2.05, 4.69) is 135 Å². The number of rotatable bonds is 5. The van der Waals surface area contributed by atoms with Crippen LogP contribution in [-0.2, 0) is 20.1 Å². The van der Waals surface area contributed by atoms with E-state index in [1.54, 1.807) is 0 Å². The molecule has 1 radical (unpaired) electrons. The van der Waals surface area contributed by atoms with Crippen LogP contribution in [0.4, 0.5) is 0 Å². The molecule has 0 unspecified atom stereocenters. The first-order valence-corrected chi connectivity index (χ1v) is 27.2. The zero-order chi connectivity index (χ0) is 38.7. The Hall–Kier alpha value is -5.34. The molecule has 6 nitrogen and oxygen atoms in total. The van der Waals surface area contributed by atoms with Gasteiger partial charge in [0, 0.05) is 31.5 Å². The maximum Gasteiger partial charge on any atom is 0.121 e. The third kappa shape index (κ3) is 6.89. The van der Waals surface area contributed by atoms with Gasteiger partial charge in [0.05, 0.1) is 22.4 Å². The van der Waals surface area contributed by atoms with Crippen molar-refractivity contribution in [3.05, 3.63) is 145 Å². The van der Waals surface area contributed by atoms with Crippen LogP contribution in [0.25, 0.3) is 88.8 Å². The third-order valence-corrected chi connectivity index (χ3v) is 15.6. The average molecular weight is 996 g/mol. The Kier molecular flexibility index (Phi) is 10.2. The molecule has 0 bridgehead atoms. The van der Waals surface area contributed by atoms with Gasteiger partial charge in [-0.3, -0.25) is 4.98 Å². The normalized spacial score (nSPS) is 13.4. The molecule has 8 heteroatoms. The molecule has 0 N–H and O–H groups in total. The molecule has 0 spiro atoms. The minimum absolute atomic E-state index is 0. The molecule has 289 valence electrons. The van der Waals surface area contributed by atoms with Gasteiger partial charge in [0.15, 0.2) is 0 Å². The fraction of sp³-hybridized carbons (Fsp3) is 0.180. The van der Waals surface area contributed by atoms with E-state index in [0.717, 1.165) is 77.7 Å². The number of furan rings is 2. The van der Waals surface area contributed by atoms with Crippen molar-refractivity contribution in [1.82, 2.24) is 19.5 Å². The minimum atomic E-state index is -1.85. The van der Waals surface area contributed by atoms with E-state index >= 15 is 0 Å². The van der Waals surface area contributed by atoms with Crippen LogP contribution in [-0.4, -0.2) is 32.8 Å². The summed E-state index contributed by atoms with van der Waals surface area (Å²) in [6.45, 7) is 1.97. The zero-order valence-corrected chi connectivity index (χ0v) is 37.5. The summed E-state index contributed by atoms with van der Waals surface area (Å²) in [5.74, 6) is 8.08. The molecular formula is C50H42GeIrN4O2-2. The quantitative estimate of drug-likeness (QED) is 0.127. The van der Waals surface area contributed by atoms with Gasteiger partial charge in [0.1, 0.15) is 5.58 Å². The second-order valence-corrected chi connectivity index (χ2v) is 26.8. The van der Waals surface area contributed by atoms with E-state index in [9.17, 15) is 0 Å². The number of fused-ring (bicyclic) bond motifs is 7. The molecule has 11 rings (SSSR count). The van der Waals surface area contributed by atoms with Crippen molar-refractivity contribution in [3.8, 4) is 33.8 Å². The number of pyridine rings is 2. The SMILES string of the molecule is Cc1ccc2c(n1)oc1c(-c3cc[c]([Ge]([CH3])([CH3])[CH3])cn3)[c-]ccc12.[Ir].[c-]1ccc2c(oc3cc(-c4ccccc4)ccc32)c1-c1nc2ccccc2n1C1CCCC1. The van der Waals surface area contributed by atoms with Gasteiger partial charge < -0.3 is 8.98 Å². The van der Waals surface area contributed by atoms with Crippen molar-refractivity contribution in [2.45, 2.75) is 55.9 Å². The van der Waals surface area contributed by atoms with Crippen LogP contribution in [0.15, 0.2) is 136 Å². The zero-order valence-electron chi connectivity index (χ0n) is 33.0. The van der Waals surface area contributed by atoms with Gasteiger partial charge in [-0.1, -0.05) is 78.4 Å². The maximum absolute atomic E-state index is 6.53. The summed E-state index contributed by atoms with van der Waals surface area (Å²) in [5, 5.41) is 4.34. The Morgan fingerprint density at radius 1 is 0.672 bits per heavy atom. The van der Waals surface area contributed by atoms with Crippen LogP contribution in [0.1, 0.15) is 37.4 Å². The van der Waals surface area contributed by atoms with E-state index in [-0.39, 0.29) is 20.1 Å². The van der Waals surface area contributed by atoms with Crippen LogP contribution in [0.2, 0.25) is 17.3 Å². The first-order valence-electron chi connectivity index (χ1n) is 19.9. The molecule has 1 fully saturated rings. The average Bonchev–Trinajstić information content (AvgIpc) is 4.04. The van der Waals surface area contributed by atoms with E-state index in [1.807, 2.05) is 43.5 Å². The molecule has 5 aromatic carbocycles. The summed E-state index contributed by atoms with van der Waals surface area (Å²) in [6, 6.07) is 49.1. The first-order chi connectivity index (χ1) is 27.8. The van der Waals surface area contributed by atoms with Crippen molar-refractivity contribution in [3.63, 3.8) is 0 Å². The summed E-state index contributed by atoms with van der Waals surface area (Å²) in [4.78, 5) is 14.3. The molecule has 5 heterocycles. The second-order valence-electron chi connectivity index (χ2n) is 16.2. The topological polar surface area (TPSA) is 69.9 Å². The standard InChI is InChI=1S/C30H23N2O.C20H19GeN2O.Ir/c1-2-9-20(10-3-1)21-17-18-23-24-13-8-14-25(29(24)33-28(23)19-21)30-31-26-15-6-7-16-27(26)32(30)22-11-4-5-12-22;1-13-8-10-16-15-6-5-7-17(19(15)24-20(16)23-13)18-11-9-14(12-22-18)21(2,3)4;/h1-3,6-10,13,15-19,22H,4-5,11-12H2;5-6,8-12H,1-4H3;/q2*-1;. The smallest absolute Gasteiger partial charge is 0.121 e. The Balaban J connectivity index is 0.000000155. The summed E-state index contributed by atoms with van der Waals surface area (Å²) in [5.41, 5.74) is 11.5. The Morgan fingerprint density at radius 2 is 1.38 bits per heavy atom. The molecule has 1 saturated carbocycles. The molecule has 10 aromatic rings. The van der Waals surface area contributed by atoms with Gasteiger partial charge in [-0.2, -0.15) is 0 Å². The number of para-hydroxylation sites is 2. The van der Waals surface area contributed by atoms with Crippen molar-refractivity contribution in [2.24, 2.45) is 0 Å². The molecule has 1 aliphatic carbocycles. The number of hydrogen-bond donors (Lipinski definition) is 0. The number of nitrogens with zero attached hydrogens (tertiary/aromatic N) is 4. The molecule has 0 saturated heterocycles. The van der Waals surface area contributed by atoms with Crippen LogP contribution < -0.4 is 4.40 Å². The van der Waals surface area contributed by atoms with E-state index in [1.165, 1.54) is 41.2 Å². The second kappa shape index (κ2) is 15.4. The molecule has 0 aliphatic heterocycles. The summed E-state index contributed by atoms with van der Waals surface area (Å²) in [6.07, 6.45) is 6.97. The van der Waals surface area contributed by atoms with Crippen LogP contribution >= 0.6 is 0 Å². The van der Waals surface area contributed by atoms with Gasteiger partial charge in [0.25, 0.3) is 0 Å². The summed E-state index contributed by atoms with van der Waals surface area (Å²) >= 11 is -1.85. The predicted molar refractivity (Wildman–Crippen MR) is 236 cm³/mol. The van der Waals surface area contributed by atoms with Crippen LogP contribution in [0, 0.1) is 19.1 Å². The van der Waals surface area contributed by atoms with Crippen molar-refractivity contribution in [2.75, 3.05) is 0 Å². The molecule has 1 aliphatic rings. The number of aromatic nitrogens is 4. The molecule has 58 heavy (non-hydrogen) atoms. The van der Waals surface area contributed by atoms with Crippen molar-refractivity contribution in [1.29, 1.82) is 0 Å². The van der Waals surface area contributed by atoms with E-state index in [4.69, 9.17) is 13.8 Å². The van der Waals surface area contributed by atoms with Gasteiger partial charge >= 0.3 is 144 Å². The van der Waals surface area contributed by atoms with Crippen molar-refractivity contribution < 1.29 is 28.9 Å². The minimum Gasteiger partial charge on any atom is -0.501 e. The number of hydrogen-bond acceptors (Lipinski definition) is 5. The van der Waals surface area contributed by atoms with Crippen molar-refractivity contribution >= 4 is 72.7 Å². The number of benzene rings is 5. The van der Waals surface area contributed by atoms with Gasteiger partial charge in [0.2, 0.25) is 0 Å². The Bertz CT molecular complexity index is 3080. The molecule has 5 aromatic heterocycles. The van der Waals surface area contributed by atoms with Gasteiger partial charge in [-0.25, -0.2) is 0 Å². The fourth-order valence-electron chi connectivity index (χ4n) is 8.36. The maximum atomic E-state index is 6.53. The van der Waals surface area contributed by atoms with Gasteiger partial charge in [-0.05, 0) is 42.2 Å². The molecule has 0 atom stereocenters. The Morgan fingerprint density at radius 3 is 2.14 bits per heavy atom. The fourth-order valence-corrected chi connectivity index (χ4v) is 10.5. The van der Waals surface area contributed by atoms with Gasteiger partial charge in [-0.15, -0.1) is 18.2 Å². The van der Waals surface area contributed by atoms with E-state index < -0.39 is 13.3 Å². The first kappa shape index (κ1) is 38.2. The summed E-state index contributed by atoms with van der Waals surface area (Å²) in [7, 11) is 0. The monoisotopic (exact) mass is 997 g/mol. The number of aryl methyl sites for hydroxylation is 1. The van der Waals surface area contributed by atoms with Crippen LogP contribution in [0.3, 0.4) is 0 Å². The molecular weight excluding hydrogens is 953 g/mol. The molecule has 0 amide bonds. The third-order valence-electron chi connectivity index (χ3n) is 11.4. The predicted octanol–water partition coefficient (Wildman–Crippen LogP) is 12.9. The van der Waals surface area contributed by atoms with E-state index in [0.29, 0.717) is 11.8 Å². The van der Waals surface area contributed by atoms with Crippen LogP contribution in [0.5, 0.6) is 0 Å². The number of imidazole rings is 1. The summed E-state index contributed by atoms with van der Waals surface area (Å²) < 4.78 is 16.4. The largest absolute Gasteiger partial charge is 0.501 e.